The van der Waals surface area contributed by atoms with Gasteiger partial charge in [-0.25, -0.2) is 0 Å². The van der Waals surface area contributed by atoms with Crippen molar-refractivity contribution < 1.29 is 18.0 Å². The third kappa shape index (κ3) is 4.46. The number of aryl methyl sites for hydroxylation is 1. The normalized spacial score (nSPS) is 18.4. The third-order valence-electron chi connectivity index (χ3n) is 3.75. The molecule has 1 aromatic rings. The zero-order valence-corrected chi connectivity index (χ0v) is 11.9. The molecule has 0 aliphatic heterocycles. The first kappa shape index (κ1) is 15.8. The van der Waals surface area contributed by atoms with Crippen molar-refractivity contribution in [2.24, 2.45) is 0 Å². The van der Waals surface area contributed by atoms with Gasteiger partial charge in [0.1, 0.15) is 6.54 Å². The smallest absolute Gasteiger partial charge is 0.346 e. The molecule has 21 heavy (non-hydrogen) atoms. The second-order valence-corrected chi connectivity index (χ2v) is 5.41. The summed E-state index contributed by atoms with van der Waals surface area (Å²) in [6, 6.07) is 8.13. The number of carbonyl (C=O) groups is 1. The van der Waals surface area contributed by atoms with Gasteiger partial charge < -0.3 is 5.32 Å². The molecule has 6 heteroatoms. The van der Waals surface area contributed by atoms with Gasteiger partial charge in [0.25, 0.3) is 0 Å². The maximum atomic E-state index is 12.1. The number of likely N-dealkylation sites (N-methyl/N-ethyl adjacent to an activating group) is 1. The van der Waals surface area contributed by atoms with Crippen molar-refractivity contribution in [1.82, 2.24) is 10.2 Å². The standard InChI is InChI=1S/C15H19F3N2O/c1-20(9-14(21)19-10-15(16,17)18)13-8-4-6-11-5-2-3-7-12(11)13/h2-3,5,7,13H,4,6,8-10H2,1H3,(H,19,21). The lowest BCUT2D eigenvalue weighted by molar-refractivity contribution is -0.139. The summed E-state index contributed by atoms with van der Waals surface area (Å²) >= 11 is 0. The Morgan fingerprint density at radius 1 is 1.38 bits per heavy atom. The molecule has 3 nitrogen and oxygen atoms in total. The first-order valence-electron chi connectivity index (χ1n) is 6.98. The number of fused-ring (bicyclic) bond motifs is 1. The molecule has 1 unspecified atom stereocenters. The van der Waals surface area contributed by atoms with Crippen LogP contribution in [0.3, 0.4) is 0 Å². The lowest BCUT2D eigenvalue weighted by atomic mass is 9.87. The number of halogens is 3. The summed E-state index contributed by atoms with van der Waals surface area (Å²) in [6.07, 6.45) is -1.41. The van der Waals surface area contributed by atoms with Crippen LogP contribution in [0, 0.1) is 0 Å². The number of hydrogen-bond donors (Lipinski definition) is 1. The predicted octanol–water partition coefficient (Wildman–Crippen LogP) is 2.67. The van der Waals surface area contributed by atoms with Gasteiger partial charge in [-0.2, -0.15) is 13.2 Å². The maximum Gasteiger partial charge on any atom is 0.405 e. The fraction of sp³-hybridized carbons (Fsp3) is 0.533. The Balaban J connectivity index is 1.95. The van der Waals surface area contributed by atoms with E-state index in [1.807, 2.05) is 28.4 Å². The first-order valence-corrected chi connectivity index (χ1v) is 6.98. The number of nitrogens with one attached hydrogen (secondary N) is 1. The Labute approximate surface area is 122 Å². The van der Waals surface area contributed by atoms with Gasteiger partial charge >= 0.3 is 6.18 Å². The highest BCUT2D eigenvalue weighted by Crippen LogP contribution is 2.33. The van der Waals surface area contributed by atoms with Crippen molar-refractivity contribution in [3.05, 3.63) is 35.4 Å². The molecule has 2 rings (SSSR count). The van der Waals surface area contributed by atoms with Crippen LogP contribution < -0.4 is 5.32 Å². The molecule has 1 atom stereocenters. The quantitative estimate of drug-likeness (QED) is 0.927. The summed E-state index contributed by atoms with van der Waals surface area (Å²) in [6.45, 7) is -1.31. The first-order chi connectivity index (χ1) is 9.87. The molecule has 1 aromatic carbocycles. The van der Waals surface area contributed by atoms with E-state index in [1.165, 1.54) is 11.1 Å². The van der Waals surface area contributed by atoms with E-state index < -0.39 is 18.6 Å². The summed E-state index contributed by atoms with van der Waals surface area (Å²) in [4.78, 5) is 13.4. The highest BCUT2D eigenvalue weighted by atomic mass is 19.4. The number of rotatable bonds is 4. The lowest BCUT2D eigenvalue weighted by Crippen LogP contribution is -2.41. The second kappa shape index (κ2) is 6.47. The number of benzene rings is 1. The van der Waals surface area contributed by atoms with Crippen molar-refractivity contribution >= 4 is 5.91 Å². The van der Waals surface area contributed by atoms with E-state index in [2.05, 4.69) is 6.07 Å². The van der Waals surface area contributed by atoms with E-state index in [0.29, 0.717) is 0 Å². The van der Waals surface area contributed by atoms with E-state index in [-0.39, 0.29) is 12.6 Å². The van der Waals surface area contributed by atoms with Crippen LogP contribution in [-0.2, 0) is 11.2 Å². The predicted molar refractivity (Wildman–Crippen MR) is 73.8 cm³/mol. The van der Waals surface area contributed by atoms with Crippen LogP contribution in [0.5, 0.6) is 0 Å². The number of hydrogen-bond acceptors (Lipinski definition) is 2. The Kier molecular flexibility index (Phi) is 4.88. The molecule has 0 saturated heterocycles. The van der Waals surface area contributed by atoms with Crippen molar-refractivity contribution in [2.45, 2.75) is 31.5 Å². The minimum absolute atomic E-state index is 0.0327. The van der Waals surface area contributed by atoms with E-state index >= 15 is 0 Å². The van der Waals surface area contributed by atoms with Gasteiger partial charge in [0, 0.05) is 6.04 Å². The second-order valence-electron chi connectivity index (χ2n) is 5.41. The zero-order valence-electron chi connectivity index (χ0n) is 11.9. The van der Waals surface area contributed by atoms with Crippen LogP contribution in [0.4, 0.5) is 13.2 Å². The molecule has 0 bridgehead atoms. The van der Waals surface area contributed by atoms with Crippen molar-refractivity contribution in [3.63, 3.8) is 0 Å². The third-order valence-corrected chi connectivity index (χ3v) is 3.75. The van der Waals surface area contributed by atoms with Crippen molar-refractivity contribution in [3.8, 4) is 0 Å². The minimum atomic E-state index is -4.37. The van der Waals surface area contributed by atoms with Gasteiger partial charge in [0.05, 0.1) is 6.54 Å². The van der Waals surface area contributed by atoms with Gasteiger partial charge in [-0.15, -0.1) is 0 Å². The average molecular weight is 300 g/mol. The number of amides is 1. The summed E-state index contributed by atoms with van der Waals surface area (Å²) in [5, 5.41) is 1.91. The molecule has 0 heterocycles. The van der Waals surface area contributed by atoms with Crippen molar-refractivity contribution in [2.75, 3.05) is 20.1 Å². The zero-order chi connectivity index (χ0) is 15.5. The van der Waals surface area contributed by atoms with Gasteiger partial charge in [0.2, 0.25) is 5.91 Å². The molecule has 0 spiro atoms. The Morgan fingerprint density at radius 2 is 2.10 bits per heavy atom. The minimum Gasteiger partial charge on any atom is -0.346 e. The van der Waals surface area contributed by atoms with Gasteiger partial charge in [-0.3, -0.25) is 9.69 Å². The topological polar surface area (TPSA) is 32.3 Å². The van der Waals surface area contributed by atoms with Crippen LogP contribution in [0.15, 0.2) is 24.3 Å². The highest BCUT2D eigenvalue weighted by molar-refractivity contribution is 5.78. The Bertz CT molecular complexity index is 502. The molecule has 1 amide bonds. The fourth-order valence-electron chi connectivity index (χ4n) is 2.78. The lowest BCUT2D eigenvalue weighted by Gasteiger charge is -2.32. The summed E-state index contributed by atoms with van der Waals surface area (Å²) in [7, 11) is 1.78. The van der Waals surface area contributed by atoms with E-state index in [9.17, 15) is 18.0 Å². The molecule has 0 fully saturated rings. The number of nitrogens with zero attached hydrogens (tertiary/aromatic N) is 1. The van der Waals surface area contributed by atoms with Crippen LogP contribution in [0.2, 0.25) is 0 Å². The van der Waals surface area contributed by atoms with Gasteiger partial charge in [-0.05, 0) is 37.4 Å². The van der Waals surface area contributed by atoms with E-state index in [0.717, 1.165) is 19.3 Å². The molecule has 0 saturated carbocycles. The molecular weight excluding hydrogens is 281 g/mol. The largest absolute Gasteiger partial charge is 0.405 e. The molecule has 0 radical (unpaired) electrons. The molecule has 1 N–H and O–H groups in total. The number of alkyl halides is 3. The summed E-state index contributed by atoms with van der Waals surface area (Å²) < 4.78 is 36.2. The van der Waals surface area contributed by atoms with Crippen LogP contribution in [0.25, 0.3) is 0 Å². The molecule has 1 aliphatic rings. The van der Waals surface area contributed by atoms with E-state index in [1.54, 1.807) is 7.05 Å². The molecule has 1 aliphatic carbocycles. The summed E-state index contributed by atoms with van der Waals surface area (Å²) in [5.41, 5.74) is 2.44. The van der Waals surface area contributed by atoms with Gasteiger partial charge in [-0.1, -0.05) is 24.3 Å². The monoisotopic (exact) mass is 300 g/mol. The Morgan fingerprint density at radius 3 is 2.81 bits per heavy atom. The maximum absolute atomic E-state index is 12.1. The van der Waals surface area contributed by atoms with Crippen molar-refractivity contribution in [1.29, 1.82) is 0 Å². The molecule has 116 valence electrons. The van der Waals surface area contributed by atoms with Crippen LogP contribution in [-0.4, -0.2) is 37.1 Å². The van der Waals surface area contributed by atoms with Crippen LogP contribution >= 0.6 is 0 Å². The molecular formula is C15H19F3N2O. The fourth-order valence-corrected chi connectivity index (χ4v) is 2.78. The van der Waals surface area contributed by atoms with E-state index in [4.69, 9.17) is 0 Å². The summed E-state index contributed by atoms with van der Waals surface area (Å²) in [5.74, 6) is -0.599. The highest BCUT2D eigenvalue weighted by Gasteiger charge is 2.29. The van der Waals surface area contributed by atoms with Crippen LogP contribution in [0.1, 0.15) is 30.0 Å². The van der Waals surface area contributed by atoms with Gasteiger partial charge in [0.15, 0.2) is 0 Å². The Hall–Kier alpha value is -1.56. The average Bonchev–Trinajstić information content (AvgIpc) is 2.43. The SMILES string of the molecule is CN(CC(=O)NCC(F)(F)F)C1CCCc2ccccc21. The molecule has 0 aromatic heterocycles. The number of carbonyl (C=O) groups excluding carboxylic acids is 1.